The number of aromatic nitrogens is 5. The van der Waals surface area contributed by atoms with Gasteiger partial charge < -0.3 is 4.90 Å². The van der Waals surface area contributed by atoms with Gasteiger partial charge in [0.05, 0.1) is 71.8 Å². The fraction of sp³-hybridized carbons (Fsp3) is 0.0132. The molecule has 0 N–H and O–H groups in total. The van der Waals surface area contributed by atoms with Crippen LogP contribution in [0.5, 0.6) is 0 Å². The first kappa shape index (κ1) is 29.1. The molecule has 0 unspecified atom stereocenters. The predicted octanol–water partition coefficient (Wildman–Crippen LogP) is 15.3. The van der Waals surface area contributed by atoms with Crippen LogP contribution in [0.15, 0.2) is 303 Å². The molecule has 17 rings (SSSR count). The first-order chi connectivity index (χ1) is 51.2. The zero-order chi connectivity index (χ0) is 75.5. The van der Waals surface area contributed by atoms with Crippen LogP contribution in [0.3, 0.4) is 0 Å². The molecule has 12 aromatic carbocycles. The van der Waals surface area contributed by atoms with Crippen molar-refractivity contribution in [2.45, 2.75) is 5.41 Å². The van der Waals surface area contributed by atoms with Gasteiger partial charge in [0, 0.05) is 32.8 Å². The number of nitrogens with zero attached hydrogens (tertiary/aromatic N) is 6. The highest BCUT2D eigenvalue weighted by Gasteiger charge is 2.51. The summed E-state index contributed by atoms with van der Waals surface area (Å²) in [6, 6.07) is 29.0. The lowest BCUT2D eigenvalue weighted by atomic mass is 9.64. The molecule has 0 saturated heterocycles. The van der Waals surface area contributed by atoms with Gasteiger partial charge in [-0.3, -0.25) is 9.13 Å². The molecule has 0 radical (unpaired) electrons. The summed E-state index contributed by atoms with van der Waals surface area (Å²) in [7, 11) is -5.09. The highest BCUT2D eigenvalue weighted by atomic mass is 28.3. The van der Waals surface area contributed by atoms with Gasteiger partial charge in [0.1, 0.15) is 0 Å². The molecular formula is C76H50N6Si. The summed E-state index contributed by atoms with van der Waals surface area (Å²) in [6.07, 6.45) is 0. The van der Waals surface area contributed by atoms with Gasteiger partial charge in [-0.2, -0.15) is 15.0 Å². The zero-order valence-electron chi connectivity index (χ0n) is 67.2. The van der Waals surface area contributed by atoms with Gasteiger partial charge in [-0.05, 0) is 103 Å². The minimum atomic E-state index is -5.09. The maximum absolute atomic E-state index is 11.0. The van der Waals surface area contributed by atoms with Crippen LogP contribution in [0.2, 0.25) is 0 Å². The van der Waals surface area contributed by atoms with Crippen LogP contribution >= 0.6 is 0 Å². The Kier molecular flexibility index (Phi) is 6.46. The van der Waals surface area contributed by atoms with E-state index in [-0.39, 0.29) is 21.2 Å². The molecule has 0 amide bonds. The van der Waals surface area contributed by atoms with Crippen molar-refractivity contribution in [3.63, 3.8) is 0 Å². The lowest BCUT2D eigenvalue weighted by Crippen LogP contribution is -2.74. The van der Waals surface area contributed by atoms with Crippen molar-refractivity contribution in [3.05, 3.63) is 325 Å². The third-order valence-corrected chi connectivity index (χ3v) is 20.4. The summed E-state index contributed by atoms with van der Waals surface area (Å²) in [5, 5.41) is -2.08. The van der Waals surface area contributed by atoms with E-state index >= 15 is 0 Å². The van der Waals surface area contributed by atoms with Crippen LogP contribution in [-0.2, 0) is 5.41 Å². The monoisotopic (exact) mass is 1100 g/mol. The number of hydrogen-bond donors (Lipinski definition) is 0. The summed E-state index contributed by atoms with van der Waals surface area (Å²) in [5.74, 6) is -2.55. The quantitative estimate of drug-likeness (QED) is 0.112. The Morgan fingerprint density at radius 1 is 0.337 bits per heavy atom. The van der Waals surface area contributed by atoms with Gasteiger partial charge in [0.15, 0.2) is 13.9 Å². The summed E-state index contributed by atoms with van der Waals surface area (Å²) < 4.78 is 233. The topological polar surface area (TPSA) is 51.8 Å². The SMILES string of the molecule is [2H]c1c([2H])c(-c2nc(-n3c4c([2H])c([2H])c([2H])c([2H])c4c4c([2H])c([2H])c([2H])c([2H])c43)nc(-n3c4c([2H])c([2H])c([2H])c([2H])c4c4c([2H])c([2H])c([2H])c([2H])c43)n2)c([2H])c([Si](c2ccccc2)(c2ccccc2)c2c([2H])c([2H])c(N3c4ccccc4C4(c5ccccc5-c5ccccc54)c4ccccc43)c([2H])c2[2H])c1[2H]. The van der Waals surface area contributed by atoms with Crippen LogP contribution in [0.1, 0.15) is 55.2 Å². The largest absolute Gasteiger partial charge is 0.310 e. The Labute approximate surface area is 514 Å². The van der Waals surface area contributed by atoms with Crippen molar-refractivity contribution < 1.29 is 32.9 Å². The second-order valence-electron chi connectivity index (χ2n) is 20.0. The fourth-order valence-electron chi connectivity index (χ4n) is 12.7. The van der Waals surface area contributed by atoms with E-state index in [1.807, 2.05) is 72.8 Å². The van der Waals surface area contributed by atoms with Gasteiger partial charge >= 0.3 is 0 Å². The number of hydrogen-bond acceptors (Lipinski definition) is 4. The normalized spacial score (nSPS) is 17.2. The molecule has 0 saturated carbocycles. The second kappa shape index (κ2) is 18.4. The molecule has 3 aromatic heterocycles. The molecule has 388 valence electrons. The van der Waals surface area contributed by atoms with Crippen molar-refractivity contribution in [1.29, 1.82) is 0 Å². The van der Waals surface area contributed by atoms with Gasteiger partial charge in [0.2, 0.25) is 11.9 Å². The number of fused-ring (bicyclic) bond motifs is 15. The van der Waals surface area contributed by atoms with Crippen LogP contribution in [0.25, 0.3) is 78.0 Å². The molecule has 83 heavy (non-hydrogen) atoms. The second-order valence-corrected chi connectivity index (χ2v) is 23.6. The molecule has 1 spiro atoms. The molecular weight excluding hydrogens is 1020 g/mol. The van der Waals surface area contributed by atoms with E-state index in [4.69, 9.17) is 25.9 Å². The first-order valence-electron chi connectivity index (χ1n) is 38.5. The minimum absolute atomic E-state index is 0.160. The zero-order valence-corrected chi connectivity index (χ0v) is 44.2. The molecule has 4 heterocycles. The van der Waals surface area contributed by atoms with Gasteiger partial charge in [-0.15, -0.1) is 0 Å². The lowest BCUT2D eigenvalue weighted by Gasteiger charge is -2.45. The van der Waals surface area contributed by atoms with Crippen LogP contribution in [0, 0.1) is 0 Å². The van der Waals surface area contributed by atoms with Crippen LogP contribution in [0.4, 0.5) is 17.1 Å². The van der Waals surface area contributed by atoms with Gasteiger partial charge in [0.25, 0.3) is 0 Å². The highest BCUT2D eigenvalue weighted by Crippen LogP contribution is 2.63. The summed E-state index contributed by atoms with van der Waals surface area (Å²) in [6.45, 7) is 0. The summed E-state index contributed by atoms with van der Waals surface area (Å²) in [4.78, 5) is 16.3. The molecule has 15 aromatic rings. The maximum atomic E-state index is 11.0. The predicted molar refractivity (Wildman–Crippen MR) is 343 cm³/mol. The van der Waals surface area contributed by atoms with E-state index in [9.17, 15) is 21.9 Å². The maximum Gasteiger partial charge on any atom is 0.240 e. The van der Waals surface area contributed by atoms with E-state index in [1.54, 1.807) is 65.6 Å². The average molecular weight is 1100 g/mol. The smallest absolute Gasteiger partial charge is 0.240 e. The molecule has 2 aliphatic rings. The van der Waals surface area contributed by atoms with Crippen molar-refractivity contribution in [2.75, 3.05) is 4.90 Å². The number of para-hydroxylation sites is 6. The molecule has 1 aliphatic heterocycles. The van der Waals surface area contributed by atoms with E-state index in [1.165, 1.54) is 0 Å². The van der Waals surface area contributed by atoms with E-state index in [0.29, 0.717) is 11.4 Å². The third kappa shape index (κ3) is 6.74. The number of benzene rings is 12. The standard InChI is InChI=1S/C76H50N6Si/c1-3-25-53(26-4-1)83(54-27-5-2-6-28-54,55-48-46-52(47-49-55)80-71-44-21-15-38-65(71)76(66-39-16-22-45-72(66)80)63-36-13-7-30-57(63)58-31-8-14-37-64(58)76)56-29-23-24-51(50-56)73-77-74(81-67-40-17-9-32-59(67)60-33-10-18-41-68(60)81)79-75(78-73)82-69-42-19-11-34-61(69)62-35-12-20-43-70(62)82/h1-50H/i9D,10D,11D,12D,17D,18D,19D,20D,23D,24D,29D,32D,33D,34D,35D,40D,41D,42D,43D,46D,47D,48D,49D,50D. The van der Waals surface area contributed by atoms with E-state index in [2.05, 4.69) is 24.3 Å². The Hall–Kier alpha value is -10.7. The lowest BCUT2D eigenvalue weighted by molar-refractivity contribution is 0.752. The molecule has 1 aliphatic carbocycles. The van der Waals surface area contributed by atoms with Crippen molar-refractivity contribution in [1.82, 2.24) is 24.1 Å². The Morgan fingerprint density at radius 2 is 0.747 bits per heavy atom. The van der Waals surface area contributed by atoms with Crippen LogP contribution < -0.4 is 25.6 Å². The van der Waals surface area contributed by atoms with Gasteiger partial charge in [-0.1, -0.05) is 254 Å². The Bertz CT molecular complexity index is 6050. The van der Waals surface area contributed by atoms with Crippen LogP contribution in [-0.4, -0.2) is 32.2 Å². The number of rotatable bonds is 8. The molecule has 0 fully saturated rings. The first-order valence-corrected chi connectivity index (χ1v) is 28.5. The van der Waals surface area contributed by atoms with E-state index < -0.39 is 231 Å². The van der Waals surface area contributed by atoms with Gasteiger partial charge in [-0.25, -0.2) is 0 Å². The Balaban J connectivity index is 1.01. The van der Waals surface area contributed by atoms with Crippen molar-refractivity contribution in [3.8, 4) is 34.4 Å². The van der Waals surface area contributed by atoms with Crippen molar-refractivity contribution >= 4 is 89.5 Å². The molecule has 6 nitrogen and oxygen atoms in total. The number of anilines is 3. The van der Waals surface area contributed by atoms with E-state index in [0.717, 1.165) is 42.5 Å². The average Bonchev–Trinajstić information content (AvgIpc) is 1.20. The molecule has 0 atom stereocenters. The van der Waals surface area contributed by atoms with Crippen molar-refractivity contribution in [2.24, 2.45) is 0 Å². The third-order valence-electron chi connectivity index (χ3n) is 16.0. The molecule has 0 bridgehead atoms. The Morgan fingerprint density at radius 3 is 1.22 bits per heavy atom. The molecule has 7 heteroatoms. The fourth-order valence-corrected chi connectivity index (χ4v) is 16.9. The minimum Gasteiger partial charge on any atom is -0.310 e. The summed E-state index contributed by atoms with van der Waals surface area (Å²) in [5.41, 5.74) is 2.51. The highest BCUT2D eigenvalue weighted by molar-refractivity contribution is 7.20. The summed E-state index contributed by atoms with van der Waals surface area (Å²) >= 11 is 0.